The highest BCUT2D eigenvalue weighted by atomic mass is 32.2. The lowest BCUT2D eigenvalue weighted by atomic mass is 10.0. The fraction of sp³-hybridized carbons (Fsp3) is 0.394. The summed E-state index contributed by atoms with van der Waals surface area (Å²) in [6, 6.07) is 20.7. The summed E-state index contributed by atoms with van der Waals surface area (Å²) < 4.78 is 29.2. The molecule has 0 saturated heterocycles. The highest BCUT2D eigenvalue weighted by molar-refractivity contribution is 7.92. The van der Waals surface area contributed by atoms with Crippen LogP contribution in [0, 0.1) is 13.8 Å². The molecule has 0 aromatic heterocycles. The predicted octanol–water partition coefficient (Wildman–Crippen LogP) is 5.95. The molecule has 0 aliphatic carbocycles. The molecule has 1 atom stereocenters. The molecule has 220 valence electrons. The Morgan fingerprint density at radius 3 is 1.83 bits per heavy atom. The molecule has 3 rings (SSSR count). The number of amides is 2. The van der Waals surface area contributed by atoms with E-state index in [9.17, 15) is 18.0 Å². The van der Waals surface area contributed by atoms with Crippen molar-refractivity contribution in [3.05, 3.63) is 95.1 Å². The molecule has 0 spiro atoms. The molecular weight excluding hydrogens is 534 g/mol. The van der Waals surface area contributed by atoms with Gasteiger partial charge in [0.05, 0.1) is 10.6 Å². The van der Waals surface area contributed by atoms with Crippen molar-refractivity contribution >= 4 is 27.5 Å². The van der Waals surface area contributed by atoms with E-state index in [1.807, 2.05) is 71.0 Å². The summed E-state index contributed by atoms with van der Waals surface area (Å²) in [6.07, 6.45) is 0.379. The minimum atomic E-state index is -4.10. The van der Waals surface area contributed by atoms with E-state index in [2.05, 4.69) is 19.2 Å². The van der Waals surface area contributed by atoms with Crippen LogP contribution in [0.1, 0.15) is 69.2 Å². The molecule has 0 aliphatic heterocycles. The van der Waals surface area contributed by atoms with E-state index in [4.69, 9.17) is 0 Å². The Labute approximate surface area is 245 Å². The zero-order valence-corrected chi connectivity index (χ0v) is 26.0. The van der Waals surface area contributed by atoms with Crippen LogP contribution in [0.2, 0.25) is 0 Å². The highest BCUT2D eigenvalue weighted by Gasteiger charge is 2.33. The fourth-order valence-electron chi connectivity index (χ4n) is 4.58. The van der Waals surface area contributed by atoms with E-state index < -0.39 is 28.5 Å². The lowest BCUT2D eigenvalue weighted by Gasteiger charge is -2.33. The van der Waals surface area contributed by atoms with Crippen molar-refractivity contribution in [3.63, 3.8) is 0 Å². The van der Waals surface area contributed by atoms with Gasteiger partial charge in [-0.15, -0.1) is 0 Å². The molecule has 41 heavy (non-hydrogen) atoms. The molecule has 7 nitrogen and oxygen atoms in total. The molecule has 3 aromatic rings. The van der Waals surface area contributed by atoms with E-state index in [0.29, 0.717) is 12.1 Å². The molecule has 0 saturated carbocycles. The summed E-state index contributed by atoms with van der Waals surface area (Å²) in [5, 5.41) is 2.92. The number of aryl methyl sites for hydroxylation is 2. The Hall–Kier alpha value is -3.65. The van der Waals surface area contributed by atoms with Gasteiger partial charge in [-0.05, 0) is 75.4 Å². The number of benzene rings is 3. The third-order valence-corrected chi connectivity index (χ3v) is 8.81. The molecule has 1 N–H and O–H groups in total. The van der Waals surface area contributed by atoms with Crippen LogP contribution in [-0.4, -0.2) is 43.8 Å². The Balaban J connectivity index is 2.07. The van der Waals surface area contributed by atoms with Crippen molar-refractivity contribution in [3.8, 4) is 0 Å². The largest absolute Gasteiger partial charge is 0.352 e. The van der Waals surface area contributed by atoms with E-state index >= 15 is 0 Å². The van der Waals surface area contributed by atoms with Crippen LogP contribution < -0.4 is 9.62 Å². The summed E-state index contributed by atoms with van der Waals surface area (Å²) in [6.45, 7) is 13.3. The van der Waals surface area contributed by atoms with Gasteiger partial charge in [-0.1, -0.05) is 80.4 Å². The van der Waals surface area contributed by atoms with Crippen LogP contribution in [0.25, 0.3) is 0 Å². The van der Waals surface area contributed by atoms with Gasteiger partial charge in [0.1, 0.15) is 12.6 Å². The molecule has 0 aliphatic rings. The Kier molecular flexibility index (Phi) is 10.7. The second kappa shape index (κ2) is 13.8. The zero-order valence-electron chi connectivity index (χ0n) is 25.2. The van der Waals surface area contributed by atoms with Gasteiger partial charge in [0.2, 0.25) is 11.8 Å². The number of nitrogens with one attached hydrogen (secondary N) is 1. The number of carbonyl (C=O) groups is 2. The molecule has 0 radical (unpaired) electrons. The first kappa shape index (κ1) is 31.9. The van der Waals surface area contributed by atoms with Crippen molar-refractivity contribution in [2.24, 2.45) is 0 Å². The molecule has 0 heterocycles. The average Bonchev–Trinajstić information content (AvgIpc) is 2.92. The van der Waals surface area contributed by atoms with Crippen molar-refractivity contribution in [2.75, 3.05) is 10.8 Å². The van der Waals surface area contributed by atoms with Gasteiger partial charge < -0.3 is 10.2 Å². The quantitative estimate of drug-likeness (QED) is 0.288. The topological polar surface area (TPSA) is 86.8 Å². The molecular formula is C33H43N3O4S. The Bertz CT molecular complexity index is 1410. The molecule has 2 amide bonds. The number of carbonyl (C=O) groups excluding carboxylic acids is 2. The minimum Gasteiger partial charge on any atom is -0.352 e. The van der Waals surface area contributed by atoms with Crippen LogP contribution >= 0.6 is 0 Å². The predicted molar refractivity (Wildman–Crippen MR) is 165 cm³/mol. The molecule has 0 bridgehead atoms. The fourth-order valence-corrected chi connectivity index (χ4v) is 6.00. The van der Waals surface area contributed by atoms with E-state index in [1.54, 1.807) is 36.4 Å². The van der Waals surface area contributed by atoms with Crippen LogP contribution in [0.4, 0.5) is 5.69 Å². The number of sulfonamides is 1. The highest BCUT2D eigenvalue weighted by Crippen LogP contribution is 2.27. The van der Waals surface area contributed by atoms with Crippen molar-refractivity contribution in [1.29, 1.82) is 0 Å². The molecule has 0 fully saturated rings. The maximum absolute atomic E-state index is 14.1. The Morgan fingerprint density at radius 2 is 1.34 bits per heavy atom. The molecule has 3 aromatic carbocycles. The average molecular weight is 578 g/mol. The summed E-state index contributed by atoms with van der Waals surface area (Å²) in [5.41, 5.74) is 4.31. The van der Waals surface area contributed by atoms with Gasteiger partial charge in [0.15, 0.2) is 0 Å². The van der Waals surface area contributed by atoms with E-state index in [1.165, 1.54) is 4.90 Å². The molecule has 0 unspecified atom stereocenters. The van der Waals surface area contributed by atoms with Crippen molar-refractivity contribution in [2.45, 2.75) is 84.3 Å². The number of rotatable bonds is 12. The first-order valence-corrected chi connectivity index (χ1v) is 15.6. The van der Waals surface area contributed by atoms with Crippen LogP contribution in [-0.2, 0) is 26.2 Å². The monoisotopic (exact) mass is 577 g/mol. The van der Waals surface area contributed by atoms with Gasteiger partial charge in [0, 0.05) is 12.6 Å². The molecule has 8 heteroatoms. The summed E-state index contributed by atoms with van der Waals surface area (Å²) in [5.74, 6) is -0.459. The van der Waals surface area contributed by atoms with E-state index in [-0.39, 0.29) is 29.3 Å². The first-order valence-electron chi connectivity index (χ1n) is 14.2. The third-order valence-electron chi connectivity index (χ3n) is 7.03. The van der Waals surface area contributed by atoms with Crippen molar-refractivity contribution in [1.82, 2.24) is 10.2 Å². The Morgan fingerprint density at radius 1 is 0.805 bits per heavy atom. The maximum atomic E-state index is 14.1. The number of nitrogens with zero attached hydrogens (tertiary/aromatic N) is 2. The normalized spacial score (nSPS) is 12.3. The van der Waals surface area contributed by atoms with Gasteiger partial charge in [-0.2, -0.15) is 0 Å². The van der Waals surface area contributed by atoms with Gasteiger partial charge in [-0.25, -0.2) is 8.42 Å². The van der Waals surface area contributed by atoms with Crippen LogP contribution in [0.15, 0.2) is 77.7 Å². The second-order valence-electron chi connectivity index (χ2n) is 11.2. The van der Waals surface area contributed by atoms with Crippen LogP contribution in [0.5, 0.6) is 0 Å². The smallest absolute Gasteiger partial charge is 0.264 e. The van der Waals surface area contributed by atoms with Crippen LogP contribution in [0.3, 0.4) is 0 Å². The summed E-state index contributed by atoms with van der Waals surface area (Å²) >= 11 is 0. The van der Waals surface area contributed by atoms with Gasteiger partial charge >= 0.3 is 0 Å². The van der Waals surface area contributed by atoms with Crippen molar-refractivity contribution < 1.29 is 18.0 Å². The first-order chi connectivity index (χ1) is 19.3. The lowest BCUT2D eigenvalue weighted by molar-refractivity contribution is -0.140. The van der Waals surface area contributed by atoms with E-state index in [0.717, 1.165) is 26.6 Å². The van der Waals surface area contributed by atoms with Gasteiger partial charge in [0.25, 0.3) is 10.0 Å². The lowest BCUT2D eigenvalue weighted by Crippen LogP contribution is -2.53. The maximum Gasteiger partial charge on any atom is 0.264 e. The summed E-state index contributed by atoms with van der Waals surface area (Å²) in [4.78, 5) is 29.0. The summed E-state index contributed by atoms with van der Waals surface area (Å²) in [7, 11) is -4.10. The minimum absolute atomic E-state index is 0.0958. The SMILES string of the molecule is CC[C@H](C(=O)NC(C)C)N(Cc1ccc(C)cc1)C(=O)CN(c1ccc(C(C)C)cc1)S(=O)(=O)c1ccc(C)cc1. The third kappa shape index (κ3) is 8.19. The number of hydrogen-bond donors (Lipinski definition) is 1. The second-order valence-corrected chi connectivity index (χ2v) is 13.0. The standard InChI is InChI=1S/C33H43N3O4S/c1-8-31(33(38)34-24(4)5)35(21-27-13-9-25(6)10-14-27)32(37)22-36(29-17-15-28(16-18-29)23(2)3)41(39,40)30-19-11-26(7)12-20-30/h9-20,23-24,31H,8,21-22H2,1-7H3,(H,34,38)/t31-/m1/s1. The zero-order chi connectivity index (χ0) is 30.3. The van der Waals surface area contributed by atoms with Gasteiger partial charge in [-0.3, -0.25) is 13.9 Å². The number of anilines is 1. The number of hydrogen-bond acceptors (Lipinski definition) is 4.